The molecule has 2 atom stereocenters. The van der Waals surface area contributed by atoms with Crippen molar-refractivity contribution < 1.29 is 4.79 Å². The summed E-state index contributed by atoms with van der Waals surface area (Å²) in [5, 5.41) is 2.17. The molecule has 20 heavy (non-hydrogen) atoms. The summed E-state index contributed by atoms with van der Waals surface area (Å²) >= 11 is 0. The maximum Gasteiger partial charge on any atom is 0.241 e. The van der Waals surface area contributed by atoms with Crippen molar-refractivity contribution in [3.63, 3.8) is 0 Å². The average Bonchev–Trinajstić information content (AvgIpc) is 2.69. The van der Waals surface area contributed by atoms with Gasteiger partial charge in [-0.05, 0) is 39.5 Å². The Balaban J connectivity index is 2.04. The van der Waals surface area contributed by atoms with Crippen LogP contribution in [0.25, 0.3) is 0 Å². The number of hydrogen-bond donors (Lipinski definition) is 2. The van der Waals surface area contributed by atoms with Gasteiger partial charge >= 0.3 is 0 Å². The van der Waals surface area contributed by atoms with Gasteiger partial charge in [0.15, 0.2) is 0 Å². The second-order valence-electron chi connectivity index (χ2n) is 6.88. The Labute approximate surface area is 123 Å². The smallest absolute Gasteiger partial charge is 0.241 e. The molecule has 1 aliphatic carbocycles. The Morgan fingerprint density at radius 3 is 2.15 bits per heavy atom. The molecule has 4 nitrogen and oxygen atoms in total. The molecule has 1 heterocycles. The van der Waals surface area contributed by atoms with Crippen molar-refractivity contribution in [2.24, 2.45) is 11.1 Å². The molecule has 0 radical (unpaired) electrons. The minimum atomic E-state index is -0.326. The van der Waals surface area contributed by atoms with Crippen LogP contribution in [0.3, 0.4) is 0 Å². The number of hydrogen-bond acceptors (Lipinski definition) is 3. The first kappa shape index (κ1) is 15.8. The topological polar surface area (TPSA) is 58.4 Å². The van der Waals surface area contributed by atoms with Gasteiger partial charge in [-0.15, -0.1) is 0 Å². The summed E-state index contributed by atoms with van der Waals surface area (Å²) in [5.74, 6) is 0.169. The van der Waals surface area contributed by atoms with Crippen molar-refractivity contribution in [3.8, 4) is 0 Å². The van der Waals surface area contributed by atoms with Crippen molar-refractivity contribution in [2.75, 3.05) is 6.54 Å². The van der Waals surface area contributed by atoms with Crippen molar-refractivity contribution >= 4 is 5.91 Å². The molecular formula is C16H31N3O. The van der Waals surface area contributed by atoms with Gasteiger partial charge in [0, 0.05) is 18.6 Å². The molecule has 2 fully saturated rings. The average molecular weight is 281 g/mol. The summed E-state index contributed by atoms with van der Waals surface area (Å²) in [6.45, 7) is 4.89. The molecule has 0 bridgehead atoms. The molecule has 1 aliphatic heterocycles. The highest BCUT2D eigenvalue weighted by molar-refractivity contribution is 5.82. The Bertz CT molecular complexity index is 314. The largest absolute Gasteiger partial charge is 0.329 e. The molecule has 0 aromatic carbocycles. The first-order valence-electron chi connectivity index (χ1n) is 8.38. The minimum Gasteiger partial charge on any atom is -0.329 e. The van der Waals surface area contributed by atoms with Crippen LogP contribution in [-0.2, 0) is 4.79 Å². The normalized spacial score (nSPS) is 31.6. The van der Waals surface area contributed by atoms with E-state index in [9.17, 15) is 4.79 Å². The van der Waals surface area contributed by atoms with Crippen LogP contribution < -0.4 is 11.2 Å². The molecular weight excluding hydrogens is 250 g/mol. The zero-order valence-corrected chi connectivity index (χ0v) is 13.2. The number of rotatable bonds is 3. The predicted octanol–water partition coefficient (Wildman–Crippen LogP) is 2.58. The van der Waals surface area contributed by atoms with Crippen LogP contribution in [0.2, 0.25) is 0 Å². The van der Waals surface area contributed by atoms with E-state index < -0.39 is 0 Å². The van der Waals surface area contributed by atoms with Crippen LogP contribution in [0, 0.1) is 5.41 Å². The van der Waals surface area contributed by atoms with Crippen LogP contribution >= 0.6 is 0 Å². The highest BCUT2D eigenvalue weighted by atomic mass is 16.2. The lowest BCUT2D eigenvalue weighted by Gasteiger charge is -2.41. The molecule has 0 aromatic heterocycles. The lowest BCUT2D eigenvalue weighted by Crippen LogP contribution is -2.58. The fourth-order valence-electron chi connectivity index (χ4n) is 3.81. The minimum absolute atomic E-state index is 0.169. The lowest BCUT2D eigenvalue weighted by atomic mass is 9.79. The molecule has 1 amide bonds. The predicted molar refractivity (Wildman–Crippen MR) is 81.9 cm³/mol. The summed E-state index contributed by atoms with van der Waals surface area (Å²) in [6.07, 6.45) is 10.2. The molecule has 2 unspecified atom stereocenters. The Kier molecular flexibility index (Phi) is 5.44. The van der Waals surface area contributed by atoms with Crippen LogP contribution in [0.15, 0.2) is 0 Å². The number of piperidine rings is 1. The Hall–Kier alpha value is -0.610. The van der Waals surface area contributed by atoms with E-state index in [2.05, 4.69) is 24.3 Å². The fraction of sp³-hybridized carbons (Fsp3) is 0.938. The van der Waals surface area contributed by atoms with E-state index in [1.54, 1.807) is 0 Å². The molecule has 0 aromatic rings. The van der Waals surface area contributed by atoms with E-state index >= 15 is 0 Å². The summed E-state index contributed by atoms with van der Waals surface area (Å²) in [7, 11) is 0. The number of nitrogens with two attached hydrogens (primary N) is 1. The van der Waals surface area contributed by atoms with Gasteiger partial charge in [-0.25, -0.2) is 5.01 Å². The van der Waals surface area contributed by atoms with Crippen molar-refractivity contribution in [1.82, 2.24) is 10.4 Å². The zero-order chi connectivity index (χ0) is 14.6. The first-order valence-corrected chi connectivity index (χ1v) is 8.38. The van der Waals surface area contributed by atoms with E-state index in [1.807, 2.05) is 0 Å². The summed E-state index contributed by atoms with van der Waals surface area (Å²) < 4.78 is 0. The van der Waals surface area contributed by atoms with Gasteiger partial charge in [0.25, 0.3) is 0 Å². The van der Waals surface area contributed by atoms with Crippen LogP contribution in [0.1, 0.15) is 71.6 Å². The second-order valence-corrected chi connectivity index (χ2v) is 6.88. The third-order valence-electron chi connectivity index (χ3n) is 5.36. The van der Waals surface area contributed by atoms with Gasteiger partial charge in [0.2, 0.25) is 5.91 Å². The standard InChI is InChI=1S/C16H31N3O/c1-13-8-7-9-14(2)19(13)18-15(20)16(12-17)10-5-3-4-6-11-16/h13-14H,3-12,17H2,1-2H3,(H,18,20). The van der Waals surface area contributed by atoms with Crippen molar-refractivity contribution in [1.29, 1.82) is 0 Å². The Morgan fingerprint density at radius 2 is 1.65 bits per heavy atom. The lowest BCUT2D eigenvalue weighted by molar-refractivity contribution is -0.140. The summed E-state index contributed by atoms with van der Waals surface area (Å²) in [4.78, 5) is 12.8. The maximum absolute atomic E-state index is 12.8. The quantitative estimate of drug-likeness (QED) is 0.782. The van der Waals surface area contributed by atoms with Gasteiger partial charge in [0.1, 0.15) is 0 Å². The van der Waals surface area contributed by atoms with Gasteiger partial charge < -0.3 is 5.73 Å². The van der Waals surface area contributed by atoms with E-state index in [4.69, 9.17) is 5.73 Å². The molecule has 0 spiro atoms. The highest BCUT2D eigenvalue weighted by Gasteiger charge is 2.39. The second kappa shape index (κ2) is 6.90. The third-order valence-corrected chi connectivity index (χ3v) is 5.36. The molecule has 4 heteroatoms. The van der Waals surface area contributed by atoms with E-state index in [0.29, 0.717) is 18.6 Å². The number of nitrogens with zero attached hydrogens (tertiary/aromatic N) is 1. The SMILES string of the molecule is CC1CCCC(C)N1NC(=O)C1(CN)CCCCCC1. The first-order chi connectivity index (χ1) is 9.59. The number of carbonyl (C=O) groups excluding carboxylic acids is 1. The fourth-order valence-corrected chi connectivity index (χ4v) is 3.81. The van der Waals surface area contributed by atoms with Crippen LogP contribution in [-0.4, -0.2) is 29.5 Å². The molecule has 116 valence electrons. The van der Waals surface area contributed by atoms with Gasteiger partial charge in [-0.1, -0.05) is 32.1 Å². The number of amides is 1. The van der Waals surface area contributed by atoms with E-state index in [1.165, 1.54) is 32.1 Å². The van der Waals surface area contributed by atoms with E-state index in [-0.39, 0.29) is 11.3 Å². The van der Waals surface area contributed by atoms with Gasteiger partial charge in [-0.2, -0.15) is 0 Å². The zero-order valence-electron chi connectivity index (χ0n) is 13.2. The van der Waals surface area contributed by atoms with Crippen molar-refractivity contribution in [3.05, 3.63) is 0 Å². The van der Waals surface area contributed by atoms with Crippen LogP contribution in [0.5, 0.6) is 0 Å². The number of hydrazine groups is 1. The summed E-state index contributed by atoms with van der Waals surface area (Å²) in [5.41, 5.74) is 8.90. The maximum atomic E-state index is 12.8. The molecule has 2 aliphatic rings. The van der Waals surface area contributed by atoms with Gasteiger partial charge in [0.05, 0.1) is 5.41 Å². The summed E-state index contributed by atoms with van der Waals surface area (Å²) in [6, 6.07) is 0.867. The molecule has 3 N–H and O–H groups in total. The number of nitrogens with one attached hydrogen (secondary N) is 1. The number of carbonyl (C=O) groups is 1. The van der Waals surface area contributed by atoms with Gasteiger partial charge in [-0.3, -0.25) is 10.2 Å². The van der Waals surface area contributed by atoms with E-state index in [0.717, 1.165) is 25.7 Å². The molecule has 1 saturated carbocycles. The molecule has 2 rings (SSSR count). The molecule has 1 saturated heterocycles. The Morgan fingerprint density at radius 1 is 1.10 bits per heavy atom. The monoisotopic (exact) mass is 281 g/mol. The van der Waals surface area contributed by atoms with Crippen LogP contribution in [0.4, 0.5) is 0 Å². The third kappa shape index (κ3) is 3.34. The van der Waals surface area contributed by atoms with Crippen molar-refractivity contribution in [2.45, 2.75) is 83.7 Å². The highest BCUT2D eigenvalue weighted by Crippen LogP contribution is 2.35.